The Balaban J connectivity index is 2.47. The summed E-state index contributed by atoms with van der Waals surface area (Å²) in [5, 5.41) is 12.1. The highest BCUT2D eigenvalue weighted by atomic mass is 16.5. The van der Waals surface area contributed by atoms with Crippen molar-refractivity contribution in [3.8, 4) is 11.8 Å². The van der Waals surface area contributed by atoms with Crippen molar-refractivity contribution in [2.45, 2.75) is 26.7 Å². The van der Waals surface area contributed by atoms with Crippen LogP contribution in [0.15, 0.2) is 24.3 Å². The Kier molecular flexibility index (Phi) is 6.89. The van der Waals surface area contributed by atoms with Gasteiger partial charge in [-0.2, -0.15) is 5.26 Å². The molecule has 0 amide bonds. The molecule has 4 nitrogen and oxygen atoms in total. The number of ether oxygens (including phenoxy) is 2. The Morgan fingerprint density at radius 1 is 1.30 bits per heavy atom. The van der Waals surface area contributed by atoms with Gasteiger partial charge in [0.05, 0.1) is 12.7 Å². The summed E-state index contributed by atoms with van der Waals surface area (Å²) < 4.78 is 10.5. The minimum atomic E-state index is 0.0998. The van der Waals surface area contributed by atoms with Crippen molar-refractivity contribution >= 4 is 5.69 Å². The van der Waals surface area contributed by atoms with E-state index in [1.54, 1.807) is 7.11 Å². The number of nitriles is 1. The van der Waals surface area contributed by atoms with Crippen molar-refractivity contribution in [1.29, 1.82) is 5.26 Å². The molecule has 1 rings (SSSR count). The lowest BCUT2D eigenvalue weighted by molar-refractivity contribution is 0.146. The van der Waals surface area contributed by atoms with Crippen LogP contribution in [-0.2, 0) is 4.74 Å². The molecule has 0 atom stereocenters. The van der Waals surface area contributed by atoms with E-state index in [1.807, 2.05) is 24.3 Å². The third-order valence-electron chi connectivity index (χ3n) is 3.07. The predicted octanol–water partition coefficient (Wildman–Crippen LogP) is 3.45. The van der Waals surface area contributed by atoms with Crippen LogP contribution in [-0.4, -0.2) is 26.9 Å². The van der Waals surface area contributed by atoms with Gasteiger partial charge < -0.3 is 14.8 Å². The zero-order valence-corrected chi connectivity index (χ0v) is 12.6. The summed E-state index contributed by atoms with van der Waals surface area (Å²) in [7, 11) is 1.66. The molecule has 0 bridgehead atoms. The Morgan fingerprint density at radius 3 is 2.80 bits per heavy atom. The van der Waals surface area contributed by atoms with Crippen LogP contribution in [0.5, 0.6) is 5.75 Å². The number of hydrogen-bond acceptors (Lipinski definition) is 4. The normalized spacial score (nSPS) is 10.9. The predicted molar refractivity (Wildman–Crippen MR) is 80.9 cm³/mol. The molecule has 0 unspecified atom stereocenters. The number of hydrogen-bond donors (Lipinski definition) is 1. The quantitative estimate of drug-likeness (QED) is 0.702. The summed E-state index contributed by atoms with van der Waals surface area (Å²) >= 11 is 0. The first-order valence-corrected chi connectivity index (χ1v) is 6.90. The van der Waals surface area contributed by atoms with Crippen LogP contribution in [0.25, 0.3) is 0 Å². The van der Waals surface area contributed by atoms with E-state index in [9.17, 15) is 0 Å². The van der Waals surface area contributed by atoms with Gasteiger partial charge in [0.25, 0.3) is 0 Å². The molecule has 0 saturated heterocycles. The third kappa shape index (κ3) is 6.44. The summed E-state index contributed by atoms with van der Waals surface area (Å²) in [6, 6.07) is 10.1. The Labute approximate surface area is 121 Å². The maximum Gasteiger partial charge on any atom is 0.121 e. The standard InChI is InChI=1S/C16H24N2O2/c1-16(2,8-5-9-17)13-18-14-6-4-7-15(12-14)20-11-10-19-3/h4,6-7,12,18H,5,8,10-11,13H2,1-3H3. The highest BCUT2D eigenvalue weighted by Crippen LogP contribution is 2.24. The van der Waals surface area contributed by atoms with Gasteiger partial charge in [-0.3, -0.25) is 0 Å². The van der Waals surface area contributed by atoms with Gasteiger partial charge >= 0.3 is 0 Å². The molecule has 0 aliphatic heterocycles. The second-order valence-electron chi connectivity index (χ2n) is 5.54. The van der Waals surface area contributed by atoms with E-state index in [1.165, 1.54) is 0 Å². The van der Waals surface area contributed by atoms with Gasteiger partial charge in [0.2, 0.25) is 0 Å². The van der Waals surface area contributed by atoms with Crippen LogP contribution < -0.4 is 10.1 Å². The fraction of sp³-hybridized carbons (Fsp3) is 0.562. The third-order valence-corrected chi connectivity index (χ3v) is 3.07. The average Bonchev–Trinajstić information content (AvgIpc) is 2.44. The van der Waals surface area contributed by atoms with Gasteiger partial charge in [-0.05, 0) is 24.0 Å². The molecule has 0 radical (unpaired) electrons. The van der Waals surface area contributed by atoms with Crippen molar-refractivity contribution in [1.82, 2.24) is 0 Å². The summed E-state index contributed by atoms with van der Waals surface area (Å²) in [5.41, 5.74) is 1.13. The van der Waals surface area contributed by atoms with Gasteiger partial charge in [0.15, 0.2) is 0 Å². The Bertz CT molecular complexity index is 438. The van der Waals surface area contributed by atoms with Gasteiger partial charge in [0, 0.05) is 31.8 Å². The fourth-order valence-corrected chi connectivity index (χ4v) is 1.76. The Hall–Kier alpha value is -1.73. The summed E-state index contributed by atoms with van der Waals surface area (Å²) in [5.74, 6) is 0.835. The molecule has 0 fully saturated rings. The molecule has 20 heavy (non-hydrogen) atoms. The zero-order chi connectivity index (χ0) is 14.8. The second kappa shape index (κ2) is 8.44. The van der Waals surface area contributed by atoms with Crippen LogP contribution in [0.1, 0.15) is 26.7 Å². The largest absolute Gasteiger partial charge is 0.491 e. The van der Waals surface area contributed by atoms with Crippen LogP contribution in [0.2, 0.25) is 0 Å². The lowest BCUT2D eigenvalue weighted by Gasteiger charge is -2.24. The number of nitrogens with one attached hydrogen (secondary N) is 1. The number of methoxy groups -OCH3 is 1. The molecule has 0 spiro atoms. The smallest absolute Gasteiger partial charge is 0.121 e. The zero-order valence-electron chi connectivity index (χ0n) is 12.6. The number of nitrogens with zero attached hydrogens (tertiary/aromatic N) is 1. The van der Waals surface area contributed by atoms with Gasteiger partial charge in [0.1, 0.15) is 12.4 Å². The Morgan fingerprint density at radius 2 is 2.10 bits per heavy atom. The molecule has 0 heterocycles. The van der Waals surface area contributed by atoms with E-state index >= 15 is 0 Å². The minimum Gasteiger partial charge on any atom is -0.491 e. The first-order valence-electron chi connectivity index (χ1n) is 6.90. The van der Waals surface area contributed by atoms with Crippen LogP contribution in [0.4, 0.5) is 5.69 Å². The van der Waals surface area contributed by atoms with E-state index in [-0.39, 0.29) is 5.41 Å². The van der Waals surface area contributed by atoms with Gasteiger partial charge in [-0.25, -0.2) is 0 Å². The number of rotatable bonds is 9. The van der Waals surface area contributed by atoms with Crippen LogP contribution in [0, 0.1) is 16.7 Å². The molecule has 0 aliphatic carbocycles. The molecule has 1 N–H and O–H groups in total. The average molecular weight is 276 g/mol. The maximum atomic E-state index is 8.66. The van der Waals surface area contributed by atoms with Crippen LogP contribution >= 0.6 is 0 Å². The lowest BCUT2D eigenvalue weighted by atomic mass is 9.88. The van der Waals surface area contributed by atoms with Crippen molar-refractivity contribution in [3.63, 3.8) is 0 Å². The van der Waals surface area contributed by atoms with E-state index in [4.69, 9.17) is 14.7 Å². The topological polar surface area (TPSA) is 54.3 Å². The second-order valence-corrected chi connectivity index (χ2v) is 5.54. The van der Waals surface area contributed by atoms with E-state index in [0.717, 1.165) is 24.4 Å². The summed E-state index contributed by atoms with van der Waals surface area (Å²) in [6.45, 7) is 6.29. The summed E-state index contributed by atoms with van der Waals surface area (Å²) in [6.07, 6.45) is 1.48. The SMILES string of the molecule is COCCOc1cccc(NCC(C)(C)CCC#N)c1. The molecule has 1 aromatic rings. The molecule has 110 valence electrons. The van der Waals surface area contributed by atoms with E-state index in [2.05, 4.69) is 25.2 Å². The number of anilines is 1. The first-order chi connectivity index (χ1) is 9.57. The minimum absolute atomic E-state index is 0.0998. The molecular formula is C16H24N2O2. The lowest BCUT2D eigenvalue weighted by Crippen LogP contribution is -2.22. The molecular weight excluding hydrogens is 252 g/mol. The first kappa shape index (κ1) is 16.3. The maximum absolute atomic E-state index is 8.66. The molecule has 1 aromatic carbocycles. The molecule has 0 aromatic heterocycles. The fourth-order valence-electron chi connectivity index (χ4n) is 1.76. The van der Waals surface area contributed by atoms with Crippen molar-refractivity contribution in [2.24, 2.45) is 5.41 Å². The van der Waals surface area contributed by atoms with E-state index in [0.29, 0.717) is 19.6 Å². The summed E-state index contributed by atoms with van der Waals surface area (Å²) in [4.78, 5) is 0. The van der Waals surface area contributed by atoms with Crippen molar-refractivity contribution in [2.75, 3.05) is 32.2 Å². The molecule has 4 heteroatoms. The monoisotopic (exact) mass is 276 g/mol. The molecule has 0 saturated carbocycles. The van der Waals surface area contributed by atoms with Crippen LogP contribution in [0.3, 0.4) is 0 Å². The highest BCUT2D eigenvalue weighted by molar-refractivity contribution is 5.48. The molecule has 0 aliphatic rings. The van der Waals surface area contributed by atoms with Crippen molar-refractivity contribution in [3.05, 3.63) is 24.3 Å². The highest BCUT2D eigenvalue weighted by Gasteiger charge is 2.16. The van der Waals surface area contributed by atoms with Crippen molar-refractivity contribution < 1.29 is 9.47 Å². The van der Waals surface area contributed by atoms with Gasteiger partial charge in [-0.1, -0.05) is 19.9 Å². The van der Waals surface area contributed by atoms with E-state index < -0.39 is 0 Å². The van der Waals surface area contributed by atoms with Gasteiger partial charge in [-0.15, -0.1) is 0 Å². The number of benzene rings is 1.